The third-order valence-electron chi connectivity index (χ3n) is 3.29. The summed E-state index contributed by atoms with van der Waals surface area (Å²) in [4.78, 5) is 25.0. The Kier molecular flexibility index (Phi) is 4.02. The Bertz CT molecular complexity index is 546. The van der Waals surface area contributed by atoms with Gasteiger partial charge in [0.15, 0.2) is 0 Å². The predicted octanol–water partition coefficient (Wildman–Crippen LogP) is 2.72. The first-order valence-corrected chi connectivity index (χ1v) is 6.65. The van der Waals surface area contributed by atoms with Crippen LogP contribution < -0.4 is 5.32 Å². The summed E-state index contributed by atoms with van der Waals surface area (Å²) in [6.45, 7) is 2.22. The summed E-state index contributed by atoms with van der Waals surface area (Å²) >= 11 is 12.1. The molecule has 1 aromatic rings. The molecule has 19 heavy (non-hydrogen) atoms. The van der Waals surface area contributed by atoms with Crippen molar-refractivity contribution in [3.8, 4) is 0 Å². The van der Waals surface area contributed by atoms with E-state index in [-0.39, 0.29) is 24.2 Å². The van der Waals surface area contributed by atoms with Crippen LogP contribution in [0.2, 0.25) is 10.0 Å². The molecule has 0 aliphatic carbocycles. The molecule has 0 spiro atoms. The molecule has 1 atom stereocenters. The second-order valence-electron chi connectivity index (χ2n) is 4.70. The lowest BCUT2D eigenvalue weighted by atomic mass is 10.1. The summed E-state index contributed by atoms with van der Waals surface area (Å²) in [5.74, 6) is -0.538. The summed E-state index contributed by atoms with van der Waals surface area (Å²) < 4.78 is 0. The number of anilines is 1. The van der Waals surface area contributed by atoms with Gasteiger partial charge in [-0.3, -0.25) is 9.59 Å². The molecule has 1 aliphatic heterocycles. The van der Waals surface area contributed by atoms with Gasteiger partial charge in [0.05, 0.1) is 16.6 Å². The SMILES string of the molecule is Cc1c(Cl)ccc(NC(=O)C2CC(=O)N(C)C2)c1Cl. The van der Waals surface area contributed by atoms with Crippen LogP contribution >= 0.6 is 23.2 Å². The number of hydrogen-bond donors (Lipinski definition) is 1. The zero-order chi connectivity index (χ0) is 14.2. The molecule has 1 heterocycles. The van der Waals surface area contributed by atoms with Gasteiger partial charge in [-0.25, -0.2) is 0 Å². The monoisotopic (exact) mass is 300 g/mol. The second-order valence-corrected chi connectivity index (χ2v) is 5.48. The topological polar surface area (TPSA) is 49.4 Å². The molecule has 2 rings (SSSR count). The highest BCUT2D eigenvalue weighted by Crippen LogP contribution is 2.31. The van der Waals surface area contributed by atoms with Crippen molar-refractivity contribution in [3.05, 3.63) is 27.7 Å². The molecule has 0 radical (unpaired) electrons. The van der Waals surface area contributed by atoms with E-state index in [9.17, 15) is 9.59 Å². The van der Waals surface area contributed by atoms with Crippen molar-refractivity contribution in [2.75, 3.05) is 18.9 Å². The van der Waals surface area contributed by atoms with E-state index in [1.54, 1.807) is 31.0 Å². The van der Waals surface area contributed by atoms with Crippen molar-refractivity contribution < 1.29 is 9.59 Å². The predicted molar refractivity (Wildman–Crippen MR) is 75.6 cm³/mol. The van der Waals surface area contributed by atoms with Gasteiger partial charge < -0.3 is 10.2 Å². The number of nitrogens with zero attached hydrogens (tertiary/aromatic N) is 1. The summed E-state index contributed by atoms with van der Waals surface area (Å²) in [6, 6.07) is 3.35. The fraction of sp³-hybridized carbons (Fsp3) is 0.385. The number of likely N-dealkylation sites (tertiary alicyclic amines) is 1. The van der Waals surface area contributed by atoms with Gasteiger partial charge in [-0.15, -0.1) is 0 Å². The molecular formula is C13H14Cl2N2O2. The summed E-state index contributed by atoms with van der Waals surface area (Å²) in [6.07, 6.45) is 0.243. The summed E-state index contributed by atoms with van der Waals surface area (Å²) in [7, 11) is 1.69. The number of benzene rings is 1. The van der Waals surface area contributed by atoms with Crippen molar-refractivity contribution in [3.63, 3.8) is 0 Å². The van der Waals surface area contributed by atoms with E-state index in [0.717, 1.165) is 5.56 Å². The van der Waals surface area contributed by atoms with Gasteiger partial charge in [0.2, 0.25) is 11.8 Å². The molecule has 1 unspecified atom stereocenters. The van der Waals surface area contributed by atoms with Crippen LogP contribution in [0.25, 0.3) is 0 Å². The fourth-order valence-electron chi connectivity index (χ4n) is 2.03. The molecule has 1 aromatic carbocycles. The van der Waals surface area contributed by atoms with Gasteiger partial charge >= 0.3 is 0 Å². The van der Waals surface area contributed by atoms with Crippen molar-refractivity contribution in [2.24, 2.45) is 5.92 Å². The molecule has 2 amide bonds. The molecule has 6 heteroatoms. The van der Waals surface area contributed by atoms with Gasteiger partial charge in [-0.1, -0.05) is 23.2 Å². The molecule has 1 fully saturated rings. The largest absolute Gasteiger partial charge is 0.345 e. The van der Waals surface area contributed by atoms with E-state index in [2.05, 4.69) is 5.32 Å². The first-order chi connectivity index (χ1) is 8.90. The van der Waals surface area contributed by atoms with Crippen LogP contribution in [0.4, 0.5) is 5.69 Å². The quantitative estimate of drug-likeness (QED) is 0.913. The molecule has 1 saturated heterocycles. The Morgan fingerprint density at radius 1 is 1.42 bits per heavy atom. The van der Waals surface area contributed by atoms with Crippen LogP contribution in [0, 0.1) is 12.8 Å². The Morgan fingerprint density at radius 3 is 2.68 bits per heavy atom. The van der Waals surface area contributed by atoms with E-state index in [1.165, 1.54) is 0 Å². The number of rotatable bonds is 2. The lowest BCUT2D eigenvalue weighted by molar-refractivity contribution is -0.127. The Labute approximate surface area is 121 Å². The number of halogens is 2. The highest BCUT2D eigenvalue weighted by Gasteiger charge is 2.32. The maximum Gasteiger partial charge on any atom is 0.229 e. The molecule has 1 N–H and O–H groups in total. The van der Waals surface area contributed by atoms with Crippen LogP contribution in [0.3, 0.4) is 0 Å². The Morgan fingerprint density at radius 2 is 2.11 bits per heavy atom. The van der Waals surface area contributed by atoms with Crippen LogP contribution in [0.15, 0.2) is 12.1 Å². The minimum Gasteiger partial charge on any atom is -0.345 e. The zero-order valence-corrected chi connectivity index (χ0v) is 12.2. The van der Waals surface area contributed by atoms with Crippen LogP contribution in [0.5, 0.6) is 0 Å². The maximum absolute atomic E-state index is 12.1. The molecule has 0 saturated carbocycles. The van der Waals surface area contributed by atoms with Crippen LogP contribution in [-0.2, 0) is 9.59 Å². The molecule has 1 aliphatic rings. The van der Waals surface area contributed by atoms with E-state index >= 15 is 0 Å². The average Bonchev–Trinajstić information content (AvgIpc) is 2.70. The number of carbonyl (C=O) groups is 2. The van der Waals surface area contributed by atoms with Crippen LogP contribution in [0.1, 0.15) is 12.0 Å². The first kappa shape index (κ1) is 14.2. The molecule has 0 aromatic heterocycles. The van der Waals surface area contributed by atoms with Gasteiger partial charge in [-0.2, -0.15) is 0 Å². The normalized spacial score (nSPS) is 18.8. The average molecular weight is 301 g/mol. The number of nitrogens with one attached hydrogen (secondary N) is 1. The molecule has 0 bridgehead atoms. The smallest absolute Gasteiger partial charge is 0.229 e. The summed E-state index contributed by atoms with van der Waals surface area (Å²) in [5.41, 5.74) is 1.25. The maximum atomic E-state index is 12.1. The van der Waals surface area contributed by atoms with Gasteiger partial charge in [0, 0.05) is 25.0 Å². The lowest BCUT2D eigenvalue weighted by Gasteiger charge is -2.13. The Hall–Kier alpha value is -1.26. The second kappa shape index (κ2) is 5.39. The van der Waals surface area contributed by atoms with Crippen molar-refractivity contribution in [1.82, 2.24) is 4.90 Å². The van der Waals surface area contributed by atoms with Crippen molar-refractivity contribution in [1.29, 1.82) is 0 Å². The molecule has 4 nitrogen and oxygen atoms in total. The van der Waals surface area contributed by atoms with Crippen LogP contribution in [-0.4, -0.2) is 30.3 Å². The molecular weight excluding hydrogens is 287 g/mol. The van der Waals surface area contributed by atoms with E-state index in [0.29, 0.717) is 22.3 Å². The van der Waals surface area contributed by atoms with E-state index < -0.39 is 0 Å². The first-order valence-electron chi connectivity index (χ1n) is 5.89. The third-order valence-corrected chi connectivity index (χ3v) is 4.19. The van der Waals surface area contributed by atoms with Gasteiger partial charge in [-0.05, 0) is 24.6 Å². The standard InChI is InChI=1S/C13H14Cl2N2O2/c1-7-9(14)3-4-10(12(7)15)16-13(19)8-5-11(18)17(2)6-8/h3-4,8H,5-6H2,1-2H3,(H,16,19). The lowest BCUT2D eigenvalue weighted by Crippen LogP contribution is -2.25. The Balaban J connectivity index is 2.12. The highest BCUT2D eigenvalue weighted by molar-refractivity contribution is 6.38. The number of hydrogen-bond acceptors (Lipinski definition) is 2. The zero-order valence-electron chi connectivity index (χ0n) is 10.7. The summed E-state index contributed by atoms with van der Waals surface area (Å²) in [5, 5.41) is 3.74. The number of carbonyl (C=O) groups excluding carboxylic acids is 2. The fourth-order valence-corrected chi connectivity index (χ4v) is 2.45. The molecule has 102 valence electrons. The third kappa shape index (κ3) is 2.85. The van der Waals surface area contributed by atoms with E-state index in [4.69, 9.17) is 23.2 Å². The van der Waals surface area contributed by atoms with E-state index in [1.807, 2.05) is 0 Å². The minimum absolute atomic E-state index is 0.0152. The van der Waals surface area contributed by atoms with Crippen molar-refractivity contribution >= 4 is 40.7 Å². The minimum atomic E-state index is -0.329. The van der Waals surface area contributed by atoms with Gasteiger partial charge in [0.25, 0.3) is 0 Å². The number of amides is 2. The van der Waals surface area contributed by atoms with Gasteiger partial charge in [0.1, 0.15) is 0 Å². The highest BCUT2D eigenvalue weighted by atomic mass is 35.5. The van der Waals surface area contributed by atoms with Crippen molar-refractivity contribution in [2.45, 2.75) is 13.3 Å².